The van der Waals surface area contributed by atoms with Crippen molar-refractivity contribution >= 4 is 5.69 Å². The first kappa shape index (κ1) is 18.4. The summed E-state index contributed by atoms with van der Waals surface area (Å²) in [5, 5.41) is 21.1. The van der Waals surface area contributed by atoms with E-state index in [1.165, 1.54) is 23.3 Å². The highest BCUT2D eigenvalue weighted by Gasteiger charge is 2.24. The van der Waals surface area contributed by atoms with Gasteiger partial charge in [-0.3, -0.25) is 15.0 Å². The van der Waals surface area contributed by atoms with Gasteiger partial charge >= 0.3 is 0 Å². The standard InChI is InChI=1S/C20H24N2O4/c1-21(20-11-4-7-15-6-2-3-10-19(15)20)13-17(23)14-26-18-9-5-8-16(12-18)22(24)25/h2-3,5-6,8-10,12,17,20,23H,4,7,11,13-14H2,1H3. The lowest BCUT2D eigenvalue weighted by molar-refractivity contribution is -0.384. The number of fused-ring (bicyclic) bond motifs is 1. The Hall–Kier alpha value is -2.44. The average Bonchev–Trinajstić information content (AvgIpc) is 2.66. The van der Waals surface area contributed by atoms with E-state index in [-0.39, 0.29) is 12.3 Å². The summed E-state index contributed by atoms with van der Waals surface area (Å²) in [6.07, 6.45) is 2.66. The molecule has 0 aromatic heterocycles. The molecule has 0 fully saturated rings. The topological polar surface area (TPSA) is 75.8 Å². The zero-order valence-electron chi connectivity index (χ0n) is 14.9. The van der Waals surface area contributed by atoms with Crippen LogP contribution in [-0.2, 0) is 6.42 Å². The first-order valence-electron chi connectivity index (χ1n) is 8.88. The largest absolute Gasteiger partial charge is 0.491 e. The summed E-state index contributed by atoms with van der Waals surface area (Å²) < 4.78 is 5.54. The Morgan fingerprint density at radius 1 is 1.31 bits per heavy atom. The van der Waals surface area contributed by atoms with Gasteiger partial charge in [-0.25, -0.2) is 0 Å². The van der Waals surface area contributed by atoms with Crippen LogP contribution in [0.2, 0.25) is 0 Å². The minimum atomic E-state index is -0.673. The van der Waals surface area contributed by atoms with Gasteiger partial charge in [-0.1, -0.05) is 30.3 Å². The molecule has 2 atom stereocenters. The monoisotopic (exact) mass is 356 g/mol. The van der Waals surface area contributed by atoms with Gasteiger partial charge in [-0.05, 0) is 43.5 Å². The van der Waals surface area contributed by atoms with Gasteiger partial charge in [0, 0.05) is 18.7 Å². The highest BCUT2D eigenvalue weighted by Crippen LogP contribution is 2.33. The summed E-state index contributed by atoms with van der Waals surface area (Å²) in [5.74, 6) is 0.393. The van der Waals surface area contributed by atoms with Crippen LogP contribution >= 0.6 is 0 Å². The van der Waals surface area contributed by atoms with E-state index in [9.17, 15) is 15.2 Å². The molecule has 2 aromatic carbocycles. The molecule has 2 aromatic rings. The molecular weight excluding hydrogens is 332 g/mol. The third-order valence-electron chi connectivity index (χ3n) is 4.84. The minimum Gasteiger partial charge on any atom is -0.491 e. The number of likely N-dealkylation sites (N-methyl/N-ethyl adjacent to an activating group) is 1. The van der Waals surface area contributed by atoms with Crippen LogP contribution in [-0.4, -0.2) is 41.2 Å². The summed E-state index contributed by atoms with van der Waals surface area (Å²) in [5.41, 5.74) is 2.71. The molecule has 0 amide bonds. The Morgan fingerprint density at radius 3 is 2.92 bits per heavy atom. The van der Waals surface area contributed by atoms with Crippen LogP contribution in [0.4, 0.5) is 5.69 Å². The number of benzene rings is 2. The quantitative estimate of drug-likeness (QED) is 0.608. The molecule has 0 bridgehead atoms. The molecule has 6 nitrogen and oxygen atoms in total. The molecule has 138 valence electrons. The van der Waals surface area contributed by atoms with Crippen molar-refractivity contribution in [2.24, 2.45) is 0 Å². The van der Waals surface area contributed by atoms with Crippen LogP contribution in [0.1, 0.15) is 30.0 Å². The van der Waals surface area contributed by atoms with Crippen molar-refractivity contribution in [2.75, 3.05) is 20.2 Å². The predicted molar refractivity (Wildman–Crippen MR) is 99.3 cm³/mol. The summed E-state index contributed by atoms with van der Waals surface area (Å²) in [4.78, 5) is 12.5. The second-order valence-corrected chi connectivity index (χ2v) is 6.77. The Kier molecular flexibility index (Phi) is 5.85. The molecule has 0 spiro atoms. The van der Waals surface area contributed by atoms with Gasteiger partial charge in [-0.15, -0.1) is 0 Å². The maximum atomic E-state index is 10.8. The average molecular weight is 356 g/mol. The number of non-ortho nitro benzene ring substituents is 1. The highest BCUT2D eigenvalue weighted by atomic mass is 16.6. The normalized spacial score (nSPS) is 17.6. The van der Waals surface area contributed by atoms with Crippen LogP contribution in [0.5, 0.6) is 5.75 Å². The van der Waals surface area contributed by atoms with E-state index < -0.39 is 11.0 Å². The Morgan fingerprint density at radius 2 is 2.12 bits per heavy atom. The van der Waals surface area contributed by atoms with E-state index >= 15 is 0 Å². The molecule has 3 rings (SSSR count). The van der Waals surface area contributed by atoms with E-state index in [0.717, 1.165) is 19.3 Å². The summed E-state index contributed by atoms with van der Waals surface area (Å²) in [6.45, 7) is 0.577. The number of aliphatic hydroxyl groups is 1. The molecule has 0 heterocycles. The fourth-order valence-electron chi connectivity index (χ4n) is 3.58. The van der Waals surface area contributed by atoms with E-state index in [4.69, 9.17) is 4.74 Å². The second kappa shape index (κ2) is 8.29. The lowest BCUT2D eigenvalue weighted by Crippen LogP contribution is -2.36. The maximum Gasteiger partial charge on any atom is 0.273 e. The molecular formula is C20H24N2O4. The smallest absolute Gasteiger partial charge is 0.273 e. The third-order valence-corrected chi connectivity index (χ3v) is 4.84. The molecule has 26 heavy (non-hydrogen) atoms. The Bertz CT molecular complexity index is 765. The van der Waals surface area contributed by atoms with Gasteiger partial charge in [0.2, 0.25) is 0 Å². The predicted octanol–water partition coefficient (Wildman–Crippen LogP) is 3.34. The number of nitro groups is 1. The maximum absolute atomic E-state index is 10.8. The number of hydrogen-bond donors (Lipinski definition) is 1. The van der Waals surface area contributed by atoms with Crippen molar-refractivity contribution < 1.29 is 14.8 Å². The minimum absolute atomic E-state index is 0.0204. The van der Waals surface area contributed by atoms with Crippen molar-refractivity contribution in [3.8, 4) is 5.75 Å². The second-order valence-electron chi connectivity index (χ2n) is 6.77. The lowest BCUT2D eigenvalue weighted by atomic mass is 9.87. The van der Waals surface area contributed by atoms with Crippen molar-refractivity contribution in [2.45, 2.75) is 31.4 Å². The lowest BCUT2D eigenvalue weighted by Gasteiger charge is -2.34. The number of nitrogens with zero attached hydrogens (tertiary/aromatic N) is 2. The molecule has 2 unspecified atom stereocenters. The fraction of sp³-hybridized carbons (Fsp3) is 0.400. The molecule has 1 N–H and O–H groups in total. The Balaban J connectivity index is 1.56. The first-order valence-corrected chi connectivity index (χ1v) is 8.88. The van der Waals surface area contributed by atoms with Crippen LogP contribution in [0, 0.1) is 10.1 Å². The van der Waals surface area contributed by atoms with E-state index in [0.29, 0.717) is 18.3 Å². The summed E-state index contributed by atoms with van der Waals surface area (Å²) >= 11 is 0. The number of ether oxygens (including phenoxy) is 1. The zero-order valence-corrected chi connectivity index (χ0v) is 14.9. The van der Waals surface area contributed by atoms with Crippen molar-refractivity contribution in [1.29, 1.82) is 0 Å². The molecule has 1 aliphatic carbocycles. The number of rotatable bonds is 7. The number of aryl methyl sites for hydroxylation is 1. The van der Waals surface area contributed by atoms with Gasteiger partial charge in [0.25, 0.3) is 5.69 Å². The van der Waals surface area contributed by atoms with E-state index in [1.807, 2.05) is 7.05 Å². The fourth-order valence-corrected chi connectivity index (χ4v) is 3.58. The molecule has 0 saturated heterocycles. The van der Waals surface area contributed by atoms with Crippen LogP contribution in [0.25, 0.3) is 0 Å². The van der Waals surface area contributed by atoms with Gasteiger partial charge < -0.3 is 9.84 Å². The highest BCUT2D eigenvalue weighted by molar-refractivity contribution is 5.38. The van der Waals surface area contributed by atoms with Crippen LogP contribution < -0.4 is 4.74 Å². The van der Waals surface area contributed by atoms with Gasteiger partial charge in [0.05, 0.1) is 11.0 Å². The van der Waals surface area contributed by atoms with E-state index in [1.54, 1.807) is 12.1 Å². The number of nitro benzene ring substituents is 1. The van der Waals surface area contributed by atoms with Crippen molar-refractivity contribution in [3.05, 3.63) is 69.8 Å². The van der Waals surface area contributed by atoms with Gasteiger partial charge in [0.1, 0.15) is 18.5 Å². The SMILES string of the molecule is CN(CC(O)COc1cccc([N+](=O)[O-])c1)C1CCCc2ccccc21. The molecule has 1 aliphatic rings. The van der Waals surface area contributed by atoms with Crippen molar-refractivity contribution in [3.63, 3.8) is 0 Å². The number of aliphatic hydroxyl groups excluding tert-OH is 1. The molecule has 0 aliphatic heterocycles. The molecule has 0 radical (unpaired) electrons. The van der Waals surface area contributed by atoms with Crippen LogP contribution in [0.3, 0.4) is 0 Å². The first-order chi connectivity index (χ1) is 12.5. The molecule has 0 saturated carbocycles. The van der Waals surface area contributed by atoms with Crippen LogP contribution in [0.15, 0.2) is 48.5 Å². The van der Waals surface area contributed by atoms with Gasteiger partial charge in [0.15, 0.2) is 0 Å². The van der Waals surface area contributed by atoms with E-state index in [2.05, 4.69) is 29.2 Å². The number of hydrogen-bond acceptors (Lipinski definition) is 5. The third kappa shape index (κ3) is 4.39. The summed E-state index contributed by atoms with van der Waals surface area (Å²) in [6, 6.07) is 14.8. The zero-order chi connectivity index (χ0) is 18.5. The van der Waals surface area contributed by atoms with Crippen molar-refractivity contribution in [1.82, 2.24) is 4.90 Å². The molecule has 6 heteroatoms. The summed E-state index contributed by atoms with van der Waals surface area (Å²) in [7, 11) is 2.02. The Labute approximate surface area is 153 Å². The van der Waals surface area contributed by atoms with Gasteiger partial charge in [-0.2, -0.15) is 0 Å².